The molecular formula is C14H8F3N2. The number of hydrogen-bond donors (Lipinski definition) is 1. The van der Waals surface area contributed by atoms with Gasteiger partial charge in [0.1, 0.15) is 0 Å². The number of aromatic nitrogens is 2. The fraction of sp³-hybridized carbons (Fsp3) is 0.0714. The predicted octanol–water partition coefficient (Wildman–Crippen LogP) is 4.05. The van der Waals surface area contributed by atoms with Gasteiger partial charge in [-0.15, -0.1) is 0 Å². The van der Waals surface area contributed by atoms with Gasteiger partial charge in [-0.25, -0.2) is 4.98 Å². The molecule has 0 fully saturated rings. The summed E-state index contributed by atoms with van der Waals surface area (Å²) in [6.07, 6.45) is -1.74. The van der Waals surface area contributed by atoms with Crippen molar-refractivity contribution < 1.29 is 13.2 Å². The maximum absolute atomic E-state index is 12.7. The van der Waals surface area contributed by atoms with E-state index in [4.69, 9.17) is 0 Å². The number of aromatic amines is 1. The molecule has 0 saturated heterocycles. The van der Waals surface area contributed by atoms with E-state index in [1.807, 2.05) is 0 Å². The molecule has 3 aromatic rings. The molecule has 1 N–H and O–H groups in total. The van der Waals surface area contributed by atoms with Crippen LogP contribution in [0.2, 0.25) is 0 Å². The van der Waals surface area contributed by atoms with Crippen molar-refractivity contribution in [3.05, 3.63) is 54.4 Å². The minimum Gasteiger partial charge on any atom is -0.335 e. The van der Waals surface area contributed by atoms with E-state index in [-0.39, 0.29) is 0 Å². The van der Waals surface area contributed by atoms with Crippen LogP contribution in [-0.2, 0) is 6.18 Å². The van der Waals surface area contributed by atoms with E-state index in [0.717, 1.165) is 17.6 Å². The normalized spacial score (nSPS) is 11.9. The lowest BCUT2D eigenvalue weighted by Crippen LogP contribution is -2.04. The van der Waals surface area contributed by atoms with Gasteiger partial charge in [-0.1, -0.05) is 18.2 Å². The molecule has 0 unspecified atom stereocenters. The Balaban J connectivity index is 2.10. The van der Waals surface area contributed by atoms with Crippen LogP contribution in [0.15, 0.2) is 42.5 Å². The highest BCUT2D eigenvalue weighted by Crippen LogP contribution is 2.32. The Morgan fingerprint density at radius 3 is 2.58 bits per heavy atom. The largest absolute Gasteiger partial charge is 0.416 e. The fourth-order valence-electron chi connectivity index (χ4n) is 1.93. The molecular weight excluding hydrogens is 253 g/mol. The molecule has 1 radical (unpaired) electrons. The first kappa shape index (κ1) is 11.8. The van der Waals surface area contributed by atoms with E-state index in [2.05, 4.69) is 16.3 Å². The molecule has 1 aromatic heterocycles. The Morgan fingerprint density at radius 2 is 1.79 bits per heavy atom. The van der Waals surface area contributed by atoms with Gasteiger partial charge in [0.15, 0.2) is 6.33 Å². The van der Waals surface area contributed by atoms with Gasteiger partial charge in [-0.3, -0.25) is 0 Å². The molecule has 1 heterocycles. The number of H-pyrrole nitrogens is 1. The summed E-state index contributed by atoms with van der Waals surface area (Å²) in [5, 5.41) is 0. The van der Waals surface area contributed by atoms with Crippen LogP contribution in [0.1, 0.15) is 5.56 Å². The third-order valence-electron chi connectivity index (χ3n) is 2.89. The summed E-state index contributed by atoms with van der Waals surface area (Å²) in [6, 6.07) is 10.5. The highest BCUT2D eigenvalue weighted by molar-refractivity contribution is 5.81. The zero-order valence-corrected chi connectivity index (χ0v) is 9.62. The monoisotopic (exact) mass is 261 g/mol. The van der Waals surface area contributed by atoms with Crippen LogP contribution >= 0.6 is 0 Å². The average molecular weight is 261 g/mol. The minimum absolute atomic E-state index is 0.514. The topological polar surface area (TPSA) is 28.7 Å². The maximum atomic E-state index is 12.7. The molecule has 2 aromatic carbocycles. The number of nitrogens with zero attached hydrogens (tertiary/aromatic N) is 1. The zero-order chi connectivity index (χ0) is 13.5. The lowest BCUT2D eigenvalue weighted by molar-refractivity contribution is -0.137. The van der Waals surface area contributed by atoms with Crippen LogP contribution in [0.4, 0.5) is 13.2 Å². The van der Waals surface area contributed by atoms with Crippen molar-refractivity contribution in [3.8, 4) is 11.1 Å². The number of halogens is 3. The van der Waals surface area contributed by atoms with Crippen molar-refractivity contribution in [2.75, 3.05) is 0 Å². The molecule has 2 nitrogen and oxygen atoms in total. The van der Waals surface area contributed by atoms with Gasteiger partial charge in [-0.05, 0) is 35.4 Å². The van der Waals surface area contributed by atoms with E-state index in [1.54, 1.807) is 24.3 Å². The number of benzene rings is 2. The molecule has 95 valence electrons. The summed E-state index contributed by atoms with van der Waals surface area (Å²) in [5.74, 6) is 0. The SMILES string of the molecule is FC(F)(F)c1cccc(-c2ccc3[nH][c]nc3c2)c1. The van der Waals surface area contributed by atoms with Crippen molar-refractivity contribution >= 4 is 11.0 Å². The number of fused-ring (bicyclic) bond motifs is 1. The molecule has 0 amide bonds. The molecule has 0 aliphatic carbocycles. The Kier molecular flexibility index (Phi) is 2.55. The summed E-state index contributed by atoms with van der Waals surface area (Å²) in [4.78, 5) is 6.79. The number of imidazole rings is 1. The van der Waals surface area contributed by atoms with E-state index in [1.165, 1.54) is 6.07 Å². The first-order chi connectivity index (χ1) is 9.04. The molecule has 0 spiro atoms. The van der Waals surface area contributed by atoms with Crippen molar-refractivity contribution in [2.24, 2.45) is 0 Å². The van der Waals surface area contributed by atoms with E-state index < -0.39 is 11.7 Å². The molecule has 0 bridgehead atoms. The Bertz CT molecular complexity index is 729. The van der Waals surface area contributed by atoms with Crippen LogP contribution in [0.5, 0.6) is 0 Å². The average Bonchev–Trinajstić information content (AvgIpc) is 2.85. The quantitative estimate of drug-likeness (QED) is 0.703. The van der Waals surface area contributed by atoms with Crippen molar-refractivity contribution in [3.63, 3.8) is 0 Å². The third kappa shape index (κ3) is 2.19. The predicted molar refractivity (Wildman–Crippen MR) is 65.4 cm³/mol. The van der Waals surface area contributed by atoms with Gasteiger partial charge in [-0.2, -0.15) is 13.2 Å². The second-order valence-corrected chi connectivity index (χ2v) is 4.16. The molecule has 19 heavy (non-hydrogen) atoms. The lowest BCUT2D eigenvalue weighted by Gasteiger charge is -2.08. The maximum Gasteiger partial charge on any atom is 0.416 e. The zero-order valence-electron chi connectivity index (χ0n) is 9.62. The Hall–Kier alpha value is -2.30. The smallest absolute Gasteiger partial charge is 0.335 e. The standard InChI is InChI=1S/C14H8F3N2/c15-14(16,17)11-3-1-2-9(6-11)10-4-5-12-13(7-10)19-8-18-12/h1-7H,(H,18,19). The summed E-state index contributed by atoms with van der Waals surface area (Å²) >= 11 is 0. The van der Waals surface area contributed by atoms with Crippen LogP contribution in [0.3, 0.4) is 0 Å². The fourth-order valence-corrected chi connectivity index (χ4v) is 1.93. The summed E-state index contributed by atoms with van der Waals surface area (Å²) in [5.41, 5.74) is 2.03. The molecule has 5 heteroatoms. The minimum atomic E-state index is -4.33. The highest BCUT2D eigenvalue weighted by Gasteiger charge is 2.30. The van der Waals surface area contributed by atoms with Gasteiger partial charge >= 0.3 is 6.18 Å². The molecule has 0 aliphatic rings. The van der Waals surface area contributed by atoms with Gasteiger partial charge < -0.3 is 4.98 Å². The first-order valence-electron chi connectivity index (χ1n) is 5.57. The summed E-state index contributed by atoms with van der Waals surface area (Å²) < 4.78 is 38.0. The Labute approximate surface area is 106 Å². The van der Waals surface area contributed by atoms with Crippen molar-refractivity contribution in [1.29, 1.82) is 0 Å². The van der Waals surface area contributed by atoms with Crippen LogP contribution in [0.25, 0.3) is 22.2 Å². The first-order valence-corrected chi connectivity index (χ1v) is 5.57. The number of rotatable bonds is 1. The van der Waals surface area contributed by atoms with E-state index >= 15 is 0 Å². The van der Waals surface area contributed by atoms with E-state index in [0.29, 0.717) is 16.6 Å². The molecule has 3 rings (SSSR count). The third-order valence-corrected chi connectivity index (χ3v) is 2.89. The van der Waals surface area contributed by atoms with Gasteiger partial charge in [0.2, 0.25) is 0 Å². The number of hydrogen-bond acceptors (Lipinski definition) is 1. The summed E-state index contributed by atoms with van der Waals surface area (Å²) in [7, 11) is 0. The molecule has 0 saturated carbocycles. The second kappa shape index (κ2) is 4.12. The number of nitrogens with one attached hydrogen (secondary N) is 1. The van der Waals surface area contributed by atoms with Crippen LogP contribution in [-0.4, -0.2) is 9.97 Å². The van der Waals surface area contributed by atoms with Crippen LogP contribution in [0, 0.1) is 6.33 Å². The van der Waals surface area contributed by atoms with Gasteiger partial charge in [0.25, 0.3) is 0 Å². The lowest BCUT2D eigenvalue weighted by atomic mass is 10.0. The van der Waals surface area contributed by atoms with Gasteiger partial charge in [0.05, 0.1) is 16.6 Å². The number of alkyl halides is 3. The van der Waals surface area contributed by atoms with Crippen LogP contribution < -0.4 is 0 Å². The van der Waals surface area contributed by atoms with Crippen molar-refractivity contribution in [2.45, 2.75) is 6.18 Å². The molecule has 0 atom stereocenters. The van der Waals surface area contributed by atoms with Gasteiger partial charge in [0, 0.05) is 0 Å². The Morgan fingerprint density at radius 1 is 1.00 bits per heavy atom. The van der Waals surface area contributed by atoms with Crippen molar-refractivity contribution in [1.82, 2.24) is 9.97 Å². The highest BCUT2D eigenvalue weighted by atomic mass is 19.4. The molecule has 0 aliphatic heterocycles. The second-order valence-electron chi connectivity index (χ2n) is 4.16. The van der Waals surface area contributed by atoms with E-state index in [9.17, 15) is 13.2 Å². The summed E-state index contributed by atoms with van der Waals surface area (Å²) in [6.45, 7) is 0.